The second-order valence-corrected chi connectivity index (χ2v) is 20.1. The number of aliphatic hydroxyl groups is 1. The van der Waals surface area contributed by atoms with Crippen molar-refractivity contribution in [1.29, 1.82) is 0 Å². The summed E-state index contributed by atoms with van der Waals surface area (Å²) >= 11 is 0. The third kappa shape index (κ3) is 9.42. The van der Waals surface area contributed by atoms with Crippen LogP contribution >= 0.6 is 0 Å². The number of fused-ring (bicyclic) bond motifs is 3. The molecule has 8 aromatic rings. The van der Waals surface area contributed by atoms with Gasteiger partial charge in [-0.1, -0.05) is 18.2 Å². The van der Waals surface area contributed by atoms with Gasteiger partial charge in [0.15, 0.2) is 93.4 Å². The lowest BCUT2D eigenvalue weighted by molar-refractivity contribution is -0.0317. The molecule has 3 aliphatic heterocycles. The number of phenolic OH excluding ortho intramolecular Hbond substituents is 18. The molecule has 26 nitrogen and oxygen atoms in total. The van der Waals surface area contributed by atoms with Gasteiger partial charge in [0.05, 0.1) is 23.0 Å². The second-order valence-electron chi connectivity index (χ2n) is 20.1. The molecule has 8 atom stereocenters. The van der Waals surface area contributed by atoms with Crippen LogP contribution in [0.15, 0.2) is 103 Å². The Morgan fingerprint density at radius 2 is 0.800 bits per heavy atom. The lowest BCUT2D eigenvalue weighted by Gasteiger charge is -2.44. The summed E-state index contributed by atoms with van der Waals surface area (Å²) in [5, 5.41) is 210. The third-order valence-electron chi connectivity index (χ3n) is 14.9. The Labute approximate surface area is 475 Å². The molecule has 0 unspecified atom stereocenters. The molecule has 0 aliphatic carbocycles. The van der Waals surface area contributed by atoms with Crippen LogP contribution in [0, 0.1) is 0 Å². The van der Waals surface area contributed by atoms with Crippen LogP contribution in [0.1, 0.15) is 95.4 Å². The maximum atomic E-state index is 14.7. The number of rotatable bonds is 9. The molecular weight excluding hydrogens is 1120 g/mol. The van der Waals surface area contributed by atoms with Gasteiger partial charge >= 0.3 is 11.9 Å². The second kappa shape index (κ2) is 20.5. The van der Waals surface area contributed by atoms with Crippen molar-refractivity contribution in [2.75, 3.05) is 0 Å². The first-order chi connectivity index (χ1) is 40.3. The summed E-state index contributed by atoms with van der Waals surface area (Å²) < 4.78 is 31.7. The van der Waals surface area contributed by atoms with Crippen LogP contribution in [0.5, 0.6) is 121 Å². The molecule has 0 saturated heterocycles. The first kappa shape index (κ1) is 55.4. The number of ether oxygens (including phenoxy) is 5. The molecule has 438 valence electrons. The van der Waals surface area contributed by atoms with Gasteiger partial charge in [0, 0.05) is 69.6 Å². The van der Waals surface area contributed by atoms with E-state index in [0.717, 1.165) is 72.8 Å². The highest BCUT2D eigenvalue weighted by Crippen LogP contribution is 2.63. The molecule has 3 aliphatic rings. The van der Waals surface area contributed by atoms with E-state index in [9.17, 15) is 107 Å². The smallest absolute Gasteiger partial charge is 0.338 e. The molecule has 11 rings (SSSR count). The Balaban J connectivity index is 1.19. The molecule has 26 heteroatoms. The Bertz CT molecular complexity index is 4060. The molecule has 0 bridgehead atoms. The van der Waals surface area contributed by atoms with E-state index in [4.69, 9.17) is 23.7 Å². The van der Waals surface area contributed by atoms with Gasteiger partial charge in [-0.05, 0) is 66.2 Å². The SMILES string of the molecule is O=C(O[C@H]1[C@@H](c2c(O)cc(O)c3c2O[C@@H](c2ccc(O)c(O)c2)[C@H](OC(=O)c2cc(O)c(O)c(O)c2)C3)c2c(O)cc(O)c([C@@H]3c4c(O)cc(O)cc4O[C@H](c4ccc(O)c(O)c4)[C@H]3O)c2O[C@H]1c1ccc(O)c(O)c1)c1cc(O)c(O)c(O)c1. The van der Waals surface area contributed by atoms with E-state index in [1.54, 1.807) is 0 Å². The van der Waals surface area contributed by atoms with E-state index >= 15 is 0 Å². The van der Waals surface area contributed by atoms with Crippen molar-refractivity contribution in [2.24, 2.45) is 0 Å². The van der Waals surface area contributed by atoms with Crippen molar-refractivity contribution < 1.29 is 130 Å². The van der Waals surface area contributed by atoms with Gasteiger partial charge in [-0.3, -0.25) is 0 Å². The predicted molar refractivity (Wildman–Crippen MR) is 283 cm³/mol. The number of aliphatic hydroxyl groups excluding tert-OH is 1. The number of hydrogen-bond donors (Lipinski definition) is 19. The molecular formula is C59H46O26. The highest BCUT2D eigenvalue weighted by Gasteiger charge is 2.53. The van der Waals surface area contributed by atoms with Crippen LogP contribution < -0.4 is 14.2 Å². The van der Waals surface area contributed by atoms with E-state index in [0.29, 0.717) is 18.2 Å². The maximum Gasteiger partial charge on any atom is 0.338 e. The molecule has 0 fully saturated rings. The van der Waals surface area contributed by atoms with Crippen molar-refractivity contribution in [3.63, 3.8) is 0 Å². The zero-order chi connectivity index (χ0) is 60.9. The van der Waals surface area contributed by atoms with E-state index in [-0.39, 0.29) is 33.6 Å². The van der Waals surface area contributed by atoms with Gasteiger partial charge in [0.25, 0.3) is 0 Å². The zero-order valence-corrected chi connectivity index (χ0v) is 43.0. The van der Waals surface area contributed by atoms with E-state index < -0.39 is 210 Å². The largest absolute Gasteiger partial charge is 0.508 e. The molecule has 85 heavy (non-hydrogen) atoms. The van der Waals surface area contributed by atoms with Crippen LogP contribution in [-0.2, 0) is 15.9 Å². The average Bonchev–Trinajstić information content (AvgIpc) is 1.28. The summed E-state index contributed by atoms with van der Waals surface area (Å²) in [5.41, 5.74) is -4.05. The van der Waals surface area contributed by atoms with Crippen molar-refractivity contribution in [3.8, 4) is 121 Å². The lowest BCUT2D eigenvalue weighted by atomic mass is 9.73. The van der Waals surface area contributed by atoms with Gasteiger partial charge in [0.1, 0.15) is 64.0 Å². The number of aromatic hydroxyl groups is 18. The summed E-state index contributed by atoms with van der Waals surface area (Å²) in [6.07, 6.45) is -11.8. The summed E-state index contributed by atoms with van der Waals surface area (Å²) in [4.78, 5) is 28.6. The third-order valence-corrected chi connectivity index (χ3v) is 14.9. The first-order valence-corrected chi connectivity index (χ1v) is 25.2. The minimum Gasteiger partial charge on any atom is -0.508 e. The van der Waals surface area contributed by atoms with Crippen LogP contribution in [0.4, 0.5) is 0 Å². The Morgan fingerprint density at radius 3 is 1.31 bits per heavy atom. The minimum absolute atomic E-state index is 0.0411. The Kier molecular flexibility index (Phi) is 13.3. The van der Waals surface area contributed by atoms with E-state index in [2.05, 4.69) is 0 Å². The molecule has 0 aromatic heterocycles. The number of carbonyl (C=O) groups is 2. The molecule has 0 spiro atoms. The number of esters is 2. The fourth-order valence-electron chi connectivity index (χ4n) is 11.0. The lowest BCUT2D eigenvalue weighted by Crippen LogP contribution is -2.41. The zero-order valence-electron chi connectivity index (χ0n) is 43.0. The first-order valence-electron chi connectivity index (χ1n) is 25.2. The number of phenols is 18. The number of carbonyl (C=O) groups excluding carboxylic acids is 2. The van der Waals surface area contributed by atoms with Crippen LogP contribution in [0.3, 0.4) is 0 Å². The normalized spacial score (nSPS) is 20.3. The summed E-state index contributed by atoms with van der Waals surface area (Å²) in [6.45, 7) is 0. The van der Waals surface area contributed by atoms with Crippen molar-refractivity contribution in [2.45, 2.75) is 54.9 Å². The number of hydrogen-bond acceptors (Lipinski definition) is 26. The van der Waals surface area contributed by atoms with Gasteiger partial charge in [-0.25, -0.2) is 9.59 Å². The molecule has 19 N–H and O–H groups in total. The Morgan fingerprint density at radius 1 is 0.376 bits per heavy atom. The molecule has 0 radical (unpaired) electrons. The van der Waals surface area contributed by atoms with Crippen molar-refractivity contribution >= 4 is 11.9 Å². The van der Waals surface area contributed by atoms with Gasteiger partial charge in [-0.2, -0.15) is 0 Å². The van der Waals surface area contributed by atoms with Gasteiger partial charge < -0.3 is 121 Å². The summed E-state index contributed by atoms with van der Waals surface area (Å²) in [6, 6.07) is 15.8. The topological polar surface area (TPSA) is 465 Å². The summed E-state index contributed by atoms with van der Waals surface area (Å²) in [7, 11) is 0. The molecule has 0 saturated carbocycles. The average molecular weight is 1170 g/mol. The van der Waals surface area contributed by atoms with Crippen LogP contribution in [-0.4, -0.2) is 127 Å². The van der Waals surface area contributed by atoms with Crippen LogP contribution in [0.2, 0.25) is 0 Å². The quantitative estimate of drug-likeness (QED) is 0.0548. The van der Waals surface area contributed by atoms with Gasteiger partial charge in [-0.15, -0.1) is 0 Å². The highest BCUT2D eigenvalue weighted by molar-refractivity contribution is 5.92. The highest BCUT2D eigenvalue weighted by atomic mass is 16.6. The fraction of sp³-hybridized carbons (Fsp3) is 0.153. The van der Waals surface area contributed by atoms with Crippen molar-refractivity contribution in [3.05, 3.63) is 159 Å². The van der Waals surface area contributed by atoms with Gasteiger partial charge in [0.2, 0.25) is 0 Å². The monoisotopic (exact) mass is 1170 g/mol. The summed E-state index contributed by atoms with van der Waals surface area (Å²) in [5.74, 6) is -23.5. The van der Waals surface area contributed by atoms with E-state index in [1.807, 2.05) is 0 Å². The predicted octanol–water partition coefficient (Wildman–Crippen LogP) is 6.41. The molecule has 0 amide bonds. The van der Waals surface area contributed by atoms with Crippen molar-refractivity contribution in [1.82, 2.24) is 0 Å². The van der Waals surface area contributed by atoms with Crippen LogP contribution in [0.25, 0.3) is 0 Å². The fourth-order valence-corrected chi connectivity index (χ4v) is 11.0. The maximum absolute atomic E-state index is 14.7. The standard InChI is InChI=1S/C59H46O26/c60-24-14-33(68)43-41(15-24)81-53(20-2-5-27(62)31(66)8-20)51(78)47(43)44-35(70)18-36(71)46-48(57(85-59(80)23-12-39(74)50(77)40(75)13-23)54(84-56(44)46)21-3-6-28(63)32(67)9-21)45-34(69)17-29(64)25-16-42(82-58(79)22-10-37(72)49(76)38(73)11-22)52(83-55(25)45)19-1-4-26(61)30(65)7-19/h1-15,17-18,42,47-48,51-54,57,60-78H,16H2/t42-,47+,48+,51+,52+,53-,54+,57+/m1/s1. The molecule has 3 heterocycles. The van der Waals surface area contributed by atoms with E-state index in [1.165, 1.54) is 12.1 Å². The number of benzene rings is 8. The Hall–Kier alpha value is -11.5. The molecule has 8 aromatic carbocycles. The minimum atomic E-state index is -2.15.